The molecule has 29 heavy (non-hydrogen) atoms. The largest absolute Gasteiger partial charge is 0.420 e. The van der Waals surface area contributed by atoms with Crippen LogP contribution in [0.25, 0.3) is 11.1 Å². The van der Waals surface area contributed by atoms with E-state index in [0.29, 0.717) is 22.9 Å². The lowest BCUT2D eigenvalue weighted by molar-refractivity contribution is 0.385. The summed E-state index contributed by atoms with van der Waals surface area (Å²) in [6.45, 7) is 5.47. The topological polar surface area (TPSA) is 120 Å². The van der Waals surface area contributed by atoms with E-state index in [1.807, 2.05) is 19.9 Å². The van der Waals surface area contributed by atoms with E-state index in [1.54, 1.807) is 19.1 Å². The molecule has 0 aliphatic carbocycles. The van der Waals surface area contributed by atoms with Crippen molar-refractivity contribution in [3.8, 4) is 0 Å². The van der Waals surface area contributed by atoms with Gasteiger partial charge in [-0.3, -0.25) is 9.29 Å². The fourth-order valence-electron chi connectivity index (χ4n) is 3.16. The number of hydrogen-bond donors (Lipinski definition) is 1. The molecule has 4 aromatic rings. The Morgan fingerprint density at radius 2 is 1.79 bits per heavy atom. The first-order valence-corrected chi connectivity index (χ1v) is 10.2. The van der Waals surface area contributed by atoms with Gasteiger partial charge < -0.3 is 8.94 Å². The van der Waals surface area contributed by atoms with Crippen LogP contribution >= 0.6 is 0 Å². The van der Waals surface area contributed by atoms with Crippen molar-refractivity contribution in [2.24, 2.45) is 0 Å². The van der Waals surface area contributed by atoms with Gasteiger partial charge in [0.15, 0.2) is 11.4 Å². The molecule has 0 spiro atoms. The van der Waals surface area contributed by atoms with Gasteiger partial charge in [-0.25, -0.2) is 13.2 Å². The number of aryl methyl sites for hydroxylation is 3. The van der Waals surface area contributed by atoms with Crippen molar-refractivity contribution < 1.29 is 17.4 Å². The summed E-state index contributed by atoms with van der Waals surface area (Å²) in [6, 6.07) is 9.69. The molecule has 0 unspecified atom stereocenters. The van der Waals surface area contributed by atoms with Crippen LogP contribution in [-0.4, -0.2) is 23.1 Å². The van der Waals surface area contributed by atoms with Gasteiger partial charge in [0.05, 0.1) is 17.0 Å². The number of aromatic nitrogens is 3. The summed E-state index contributed by atoms with van der Waals surface area (Å²) in [6.07, 6.45) is 0. The van der Waals surface area contributed by atoms with Crippen molar-refractivity contribution in [2.45, 2.75) is 32.2 Å². The van der Waals surface area contributed by atoms with Crippen LogP contribution in [0.2, 0.25) is 0 Å². The molecule has 9 nitrogen and oxygen atoms in total. The summed E-state index contributed by atoms with van der Waals surface area (Å²) in [5.41, 5.74) is 2.94. The fraction of sp³-hybridized carbons (Fsp3) is 0.211. The maximum atomic E-state index is 12.8. The Bertz CT molecular complexity index is 1360. The predicted octanol–water partition coefficient (Wildman–Crippen LogP) is 2.75. The molecule has 2 heterocycles. The average Bonchev–Trinajstić information content (AvgIpc) is 3.16. The summed E-state index contributed by atoms with van der Waals surface area (Å²) in [5.74, 6) is 0.0615. The molecular weight excluding hydrogens is 396 g/mol. The second kappa shape index (κ2) is 6.89. The number of nitrogens with zero attached hydrogens (tertiary/aromatic N) is 3. The first-order chi connectivity index (χ1) is 13.7. The monoisotopic (exact) mass is 414 g/mol. The van der Waals surface area contributed by atoms with E-state index in [0.717, 1.165) is 11.1 Å². The van der Waals surface area contributed by atoms with Crippen LogP contribution in [0, 0.1) is 20.8 Å². The number of nitrogens with one attached hydrogen (secondary N) is 1. The van der Waals surface area contributed by atoms with Crippen LogP contribution < -0.4 is 10.5 Å². The highest BCUT2D eigenvalue weighted by molar-refractivity contribution is 7.92. The Morgan fingerprint density at radius 3 is 2.45 bits per heavy atom. The first kappa shape index (κ1) is 18.9. The highest BCUT2D eigenvalue weighted by Crippen LogP contribution is 2.22. The van der Waals surface area contributed by atoms with Crippen molar-refractivity contribution in [3.05, 3.63) is 69.8 Å². The van der Waals surface area contributed by atoms with Crippen LogP contribution in [0.5, 0.6) is 0 Å². The molecule has 2 aromatic heterocycles. The zero-order valence-corrected chi connectivity index (χ0v) is 16.8. The Morgan fingerprint density at radius 1 is 1.07 bits per heavy atom. The quantitative estimate of drug-likeness (QED) is 0.533. The maximum absolute atomic E-state index is 12.8. The van der Waals surface area contributed by atoms with Gasteiger partial charge in [-0.15, -0.1) is 0 Å². The van der Waals surface area contributed by atoms with E-state index in [-0.39, 0.29) is 17.0 Å². The lowest BCUT2D eigenvalue weighted by Crippen LogP contribution is -2.15. The van der Waals surface area contributed by atoms with Crippen molar-refractivity contribution in [1.29, 1.82) is 0 Å². The fourth-order valence-corrected chi connectivity index (χ4v) is 4.21. The van der Waals surface area contributed by atoms with E-state index >= 15 is 0 Å². The first-order valence-electron chi connectivity index (χ1n) is 8.75. The van der Waals surface area contributed by atoms with Crippen LogP contribution in [0.4, 0.5) is 5.69 Å². The molecule has 10 heteroatoms. The molecule has 0 aliphatic rings. The van der Waals surface area contributed by atoms with Gasteiger partial charge in [0.25, 0.3) is 10.0 Å². The molecule has 150 valence electrons. The average molecular weight is 414 g/mol. The highest BCUT2D eigenvalue weighted by Gasteiger charge is 2.19. The van der Waals surface area contributed by atoms with Gasteiger partial charge in [-0.05, 0) is 49.2 Å². The van der Waals surface area contributed by atoms with Crippen LogP contribution in [-0.2, 0) is 16.6 Å². The van der Waals surface area contributed by atoms with Crippen LogP contribution in [0.1, 0.15) is 22.8 Å². The zero-order valence-electron chi connectivity index (χ0n) is 16.0. The standard InChI is InChI=1S/C19H18N4O5S/c1-11-6-12(2)8-14(7-11)22-29(25,26)15-4-5-16-17(9-15)27-19(24)23(16)10-18-20-13(3)28-21-18/h4-9,22H,10H2,1-3H3. The smallest absolute Gasteiger partial charge is 0.408 e. The summed E-state index contributed by atoms with van der Waals surface area (Å²) in [7, 11) is -3.86. The minimum atomic E-state index is -3.86. The third-order valence-electron chi connectivity index (χ3n) is 4.29. The molecule has 0 saturated carbocycles. The van der Waals surface area contributed by atoms with Gasteiger partial charge in [0.2, 0.25) is 5.89 Å². The molecule has 2 aromatic carbocycles. The molecule has 0 amide bonds. The number of fused-ring (bicyclic) bond motifs is 1. The summed E-state index contributed by atoms with van der Waals surface area (Å²) in [5, 5.41) is 3.76. The molecule has 0 bridgehead atoms. The molecule has 4 rings (SSSR count). The van der Waals surface area contributed by atoms with E-state index in [4.69, 9.17) is 8.94 Å². The Hall–Kier alpha value is -3.40. The van der Waals surface area contributed by atoms with E-state index in [2.05, 4.69) is 14.9 Å². The molecule has 0 atom stereocenters. The van der Waals surface area contributed by atoms with Crippen molar-refractivity contribution in [1.82, 2.24) is 14.7 Å². The van der Waals surface area contributed by atoms with Gasteiger partial charge in [-0.1, -0.05) is 11.2 Å². The number of hydrogen-bond acceptors (Lipinski definition) is 7. The molecule has 0 saturated heterocycles. The van der Waals surface area contributed by atoms with Crippen LogP contribution in [0.15, 0.2) is 55.0 Å². The van der Waals surface area contributed by atoms with Crippen molar-refractivity contribution >= 4 is 26.8 Å². The van der Waals surface area contributed by atoms with Gasteiger partial charge in [0.1, 0.15) is 0 Å². The summed E-state index contributed by atoms with van der Waals surface area (Å²) >= 11 is 0. The molecule has 0 fully saturated rings. The SMILES string of the molecule is Cc1cc(C)cc(NS(=O)(=O)c2ccc3c(c2)oc(=O)n3Cc2noc(C)n2)c1. The predicted molar refractivity (Wildman–Crippen MR) is 105 cm³/mol. The summed E-state index contributed by atoms with van der Waals surface area (Å²) in [4.78, 5) is 16.3. The van der Waals surface area contributed by atoms with E-state index < -0.39 is 15.8 Å². The van der Waals surface area contributed by atoms with E-state index in [9.17, 15) is 13.2 Å². The lowest BCUT2D eigenvalue weighted by Gasteiger charge is -2.10. The Kier molecular flexibility index (Phi) is 4.50. The number of oxazole rings is 1. The van der Waals surface area contributed by atoms with Crippen molar-refractivity contribution in [3.63, 3.8) is 0 Å². The number of anilines is 1. The molecule has 1 N–H and O–H groups in total. The highest BCUT2D eigenvalue weighted by atomic mass is 32.2. The Labute approximate surface area is 166 Å². The summed E-state index contributed by atoms with van der Waals surface area (Å²) < 4.78 is 39.6. The second-order valence-corrected chi connectivity index (χ2v) is 8.48. The number of rotatable bonds is 5. The van der Waals surface area contributed by atoms with Gasteiger partial charge >= 0.3 is 5.76 Å². The minimum Gasteiger partial charge on any atom is -0.408 e. The molecule has 0 aliphatic heterocycles. The second-order valence-electron chi connectivity index (χ2n) is 6.80. The number of sulfonamides is 1. The molecule has 0 radical (unpaired) electrons. The van der Waals surface area contributed by atoms with Crippen molar-refractivity contribution in [2.75, 3.05) is 4.72 Å². The normalized spacial score (nSPS) is 11.8. The zero-order chi connectivity index (χ0) is 20.8. The molecular formula is C19H18N4O5S. The third kappa shape index (κ3) is 3.79. The number of benzene rings is 2. The van der Waals surface area contributed by atoms with Gasteiger partial charge in [0, 0.05) is 18.7 Å². The third-order valence-corrected chi connectivity index (χ3v) is 5.67. The van der Waals surface area contributed by atoms with Gasteiger partial charge in [-0.2, -0.15) is 4.98 Å². The lowest BCUT2D eigenvalue weighted by atomic mass is 10.1. The van der Waals surface area contributed by atoms with Crippen LogP contribution in [0.3, 0.4) is 0 Å². The maximum Gasteiger partial charge on any atom is 0.420 e. The minimum absolute atomic E-state index is 0.0135. The van der Waals surface area contributed by atoms with E-state index in [1.165, 1.54) is 22.8 Å². The Balaban J connectivity index is 1.69.